The molecule has 0 aromatic heterocycles. The van der Waals surface area contributed by atoms with Gasteiger partial charge in [-0.2, -0.15) is 0 Å². The molecule has 2 heterocycles. The summed E-state index contributed by atoms with van der Waals surface area (Å²) in [7, 11) is 1.84. The summed E-state index contributed by atoms with van der Waals surface area (Å²) in [5.41, 5.74) is 3.55. The summed E-state index contributed by atoms with van der Waals surface area (Å²) in [4.78, 5) is 13.9. The van der Waals surface area contributed by atoms with Gasteiger partial charge in [0.15, 0.2) is 0 Å². The Hall–Kier alpha value is -1.91. The van der Waals surface area contributed by atoms with Gasteiger partial charge in [-0.05, 0) is 18.9 Å². The summed E-state index contributed by atoms with van der Waals surface area (Å²) < 4.78 is 11.5. The molecule has 1 saturated carbocycles. The molecule has 2 aliphatic heterocycles. The van der Waals surface area contributed by atoms with Crippen LogP contribution in [0.5, 0.6) is 11.5 Å². The van der Waals surface area contributed by atoms with E-state index in [-0.39, 0.29) is 6.03 Å². The number of rotatable bonds is 3. The molecule has 112 valence electrons. The van der Waals surface area contributed by atoms with Crippen LogP contribution in [0.25, 0.3) is 0 Å². The van der Waals surface area contributed by atoms with Gasteiger partial charge in [0, 0.05) is 42.6 Å². The lowest BCUT2D eigenvalue weighted by Gasteiger charge is -2.21. The van der Waals surface area contributed by atoms with Crippen LogP contribution in [0.1, 0.15) is 29.5 Å². The van der Waals surface area contributed by atoms with Crippen molar-refractivity contribution in [2.24, 2.45) is 0 Å². The maximum atomic E-state index is 12.1. The molecule has 0 atom stereocenters. The predicted molar refractivity (Wildman–Crippen MR) is 77.9 cm³/mol. The van der Waals surface area contributed by atoms with Crippen molar-refractivity contribution in [3.05, 3.63) is 22.8 Å². The first-order valence-electron chi connectivity index (χ1n) is 7.67. The summed E-state index contributed by atoms with van der Waals surface area (Å²) >= 11 is 0. The van der Waals surface area contributed by atoms with Crippen LogP contribution in [-0.2, 0) is 19.4 Å². The maximum absolute atomic E-state index is 12.1. The topological polar surface area (TPSA) is 50.8 Å². The lowest BCUT2D eigenvalue weighted by Crippen LogP contribution is -2.38. The summed E-state index contributed by atoms with van der Waals surface area (Å²) in [5, 5.41) is 3.02. The molecule has 0 radical (unpaired) electrons. The zero-order valence-electron chi connectivity index (χ0n) is 12.3. The molecule has 4 rings (SSSR count). The van der Waals surface area contributed by atoms with E-state index in [1.807, 2.05) is 7.05 Å². The monoisotopic (exact) mass is 288 g/mol. The van der Waals surface area contributed by atoms with Crippen LogP contribution < -0.4 is 14.8 Å². The highest BCUT2D eigenvalue weighted by Gasteiger charge is 2.29. The fraction of sp³-hybridized carbons (Fsp3) is 0.562. The molecule has 1 aromatic rings. The average Bonchev–Trinajstić information content (AvgIpc) is 2.98. The van der Waals surface area contributed by atoms with Gasteiger partial charge < -0.3 is 19.7 Å². The first-order valence-corrected chi connectivity index (χ1v) is 7.67. The van der Waals surface area contributed by atoms with Crippen LogP contribution in [-0.4, -0.2) is 37.2 Å². The van der Waals surface area contributed by atoms with E-state index in [0.29, 0.717) is 12.6 Å². The van der Waals surface area contributed by atoms with E-state index < -0.39 is 0 Å². The van der Waals surface area contributed by atoms with Crippen LogP contribution in [0, 0.1) is 0 Å². The van der Waals surface area contributed by atoms with Gasteiger partial charge in [-0.3, -0.25) is 0 Å². The van der Waals surface area contributed by atoms with Gasteiger partial charge in [-0.25, -0.2) is 4.79 Å². The van der Waals surface area contributed by atoms with Crippen LogP contribution in [0.2, 0.25) is 0 Å². The van der Waals surface area contributed by atoms with E-state index in [2.05, 4.69) is 11.4 Å². The minimum Gasteiger partial charge on any atom is -0.493 e. The predicted octanol–water partition coefficient (Wildman–Crippen LogP) is 1.86. The molecule has 0 unspecified atom stereocenters. The number of nitrogens with zero attached hydrogens (tertiary/aromatic N) is 1. The first kappa shape index (κ1) is 12.8. The largest absolute Gasteiger partial charge is 0.493 e. The highest BCUT2D eigenvalue weighted by Crippen LogP contribution is 2.41. The van der Waals surface area contributed by atoms with Crippen LogP contribution >= 0.6 is 0 Å². The second kappa shape index (κ2) is 4.83. The number of amides is 2. The normalized spacial score (nSPS) is 18.5. The summed E-state index contributed by atoms with van der Waals surface area (Å²) in [5.74, 6) is 1.95. The smallest absolute Gasteiger partial charge is 0.317 e. The zero-order valence-corrected chi connectivity index (χ0v) is 12.3. The highest BCUT2D eigenvalue weighted by atomic mass is 16.5. The average molecular weight is 288 g/mol. The van der Waals surface area contributed by atoms with E-state index in [1.54, 1.807) is 4.90 Å². The van der Waals surface area contributed by atoms with Gasteiger partial charge in [-0.15, -0.1) is 0 Å². The maximum Gasteiger partial charge on any atom is 0.317 e. The van der Waals surface area contributed by atoms with Crippen molar-refractivity contribution < 1.29 is 14.3 Å². The highest BCUT2D eigenvalue weighted by molar-refractivity contribution is 5.75. The number of urea groups is 1. The molecule has 5 nitrogen and oxygen atoms in total. The van der Waals surface area contributed by atoms with E-state index in [4.69, 9.17) is 9.47 Å². The molecule has 1 aliphatic carbocycles. The Bertz CT molecular complexity index is 563. The van der Waals surface area contributed by atoms with Gasteiger partial charge in [0.1, 0.15) is 11.5 Å². The molecule has 1 fully saturated rings. The number of benzene rings is 1. The molecular weight excluding hydrogens is 268 g/mol. The number of fused-ring (bicyclic) bond motifs is 2. The fourth-order valence-corrected chi connectivity index (χ4v) is 3.07. The van der Waals surface area contributed by atoms with Crippen molar-refractivity contribution in [1.82, 2.24) is 10.2 Å². The summed E-state index contributed by atoms with van der Waals surface area (Å²) in [6.45, 7) is 2.03. The van der Waals surface area contributed by atoms with Gasteiger partial charge in [0.05, 0.1) is 19.8 Å². The third kappa shape index (κ3) is 2.30. The lowest BCUT2D eigenvalue weighted by molar-refractivity contribution is 0.205. The molecule has 0 bridgehead atoms. The molecule has 3 aliphatic rings. The number of hydrogen-bond acceptors (Lipinski definition) is 3. The number of hydrogen-bond donors (Lipinski definition) is 1. The number of carbonyl (C=O) groups is 1. The Labute approximate surface area is 124 Å². The van der Waals surface area contributed by atoms with Crippen molar-refractivity contribution in [3.8, 4) is 11.5 Å². The Balaban J connectivity index is 1.60. The van der Waals surface area contributed by atoms with Crippen molar-refractivity contribution in [2.45, 2.75) is 38.3 Å². The molecule has 0 spiro atoms. The van der Waals surface area contributed by atoms with Crippen LogP contribution in [0.3, 0.4) is 0 Å². The van der Waals surface area contributed by atoms with Crippen molar-refractivity contribution in [2.75, 3.05) is 20.3 Å². The third-order valence-electron chi connectivity index (χ3n) is 4.41. The quantitative estimate of drug-likeness (QED) is 0.923. The molecule has 5 heteroatoms. The van der Waals surface area contributed by atoms with Gasteiger partial charge >= 0.3 is 6.03 Å². The van der Waals surface area contributed by atoms with E-state index in [0.717, 1.165) is 56.0 Å². The van der Waals surface area contributed by atoms with Gasteiger partial charge in [0.25, 0.3) is 0 Å². The SMILES string of the molecule is CN(Cc1c2c(cc3c1OCC3)OCC2)C(=O)NC1CC1. The molecule has 21 heavy (non-hydrogen) atoms. The third-order valence-corrected chi connectivity index (χ3v) is 4.41. The molecule has 2 amide bonds. The Morgan fingerprint density at radius 2 is 2.14 bits per heavy atom. The second-order valence-electron chi connectivity index (χ2n) is 6.10. The Kier molecular flexibility index (Phi) is 2.94. The lowest BCUT2D eigenvalue weighted by atomic mass is 9.99. The number of nitrogens with one attached hydrogen (secondary N) is 1. The van der Waals surface area contributed by atoms with Crippen LogP contribution in [0.4, 0.5) is 4.79 Å². The van der Waals surface area contributed by atoms with Crippen LogP contribution in [0.15, 0.2) is 6.07 Å². The number of carbonyl (C=O) groups excluding carboxylic acids is 1. The van der Waals surface area contributed by atoms with E-state index in [9.17, 15) is 4.79 Å². The fourth-order valence-electron chi connectivity index (χ4n) is 3.07. The first-order chi connectivity index (χ1) is 10.2. The van der Waals surface area contributed by atoms with Crippen molar-refractivity contribution >= 4 is 6.03 Å². The molecule has 1 N–H and O–H groups in total. The molecular formula is C16H20N2O3. The van der Waals surface area contributed by atoms with E-state index in [1.165, 1.54) is 11.1 Å². The number of ether oxygens (including phenoxy) is 2. The standard InChI is InChI=1S/C16H20N2O3/c1-18(16(19)17-11-2-3-11)9-13-12-5-7-20-14(12)8-10-4-6-21-15(10)13/h8,11H,2-7,9H2,1H3,(H,17,19). The minimum absolute atomic E-state index is 0.000709. The summed E-state index contributed by atoms with van der Waals surface area (Å²) in [6.07, 6.45) is 4.04. The van der Waals surface area contributed by atoms with Crippen molar-refractivity contribution in [1.29, 1.82) is 0 Å². The van der Waals surface area contributed by atoms with Gasteiger partial charge in [-0.1, -0.05) is 0 Å². The zero-order chi connectivity index (χ0) is 14.4. The van der Waals surface area contributed by atoms with E-state index >= 15 is 0 Å². The van der Waals surface area contributed by atoms with Gasteiger partial charge in [0.2, 0.25) is 0 Å². The molecule has 1 aromatic carbocycles. The second-order valence-corrected chi connectivity index (χ2v) is 6.10. The Morgan fingerprint density at radius 1 is 1.33 bits per heavy atom. The minimum atomic E-state index is 0.000709. The summed E-state index contributed by atoms with van der Waals surface area (Å²) in [6, 6.07) is 2.49. The molecule has 0 saturated heterocycles. The Morgan fingerprint density at radius 3 is 2.95 bits per heavy atom. The van der Waals surface area contributed by atoms with Crippen molar-refractivity contribution in [3.63, 3.8) is 0 Å².